The number of rotatable bonds is 10. The summed E-state index contributed by atoms with van der Waals surface area (Å²) in [5.74, 6) is 1.67. The van der Waals surface area contributed by atoms with Gasteiger partial charge >= 0.3 is 0 Å². The van der Waals surface area contributed by atoms with Crippen LogP contribution in [0.4, 0.5) is 0 Å². The molecular weight excluding hydrogens is 354 g/mol. The summed E-state index contributed by atoms with van der Waals surface area (Å²) in [6.07, 6.45) is 3.19. The zero-order chi connectivity index (χ0) is 18.6. The van der Waals surface area contributed by atoms with Crippen LogP contribution in [0.1, 0.15) is 32.1 Å². The molecule has 8 heteroatoms. The monoisotopic (exact) mass is 379 g/mol. The number of hydrogen-bond donors (Lipinski definition) is 2. The molecule has 7 nitrogen and oxygen atoms in total. The Kier molecular flexibility index (Phi) is 8.92. The number of unbranched alkanes of at least 4 members (excludes halogenated alkanes) is 1. The predicted octanol–water partition coefficient (Wildman–Crippen LogP) is 3.26. The summed E-state index contributed by atoms with van der Waals surface area (Å²) >= 11 is 5.99. The SMILES string of the molecule is CCCCOCCCNC(=NC)NCc1nc(-c2cccc(Cl)c2)no1. The fourth-order valence-corrected chi connectivity index (χ4v) is 2.37. The van der Waals surface area contributed by atoms with Crippen LogP contribution in [0.3, 0.4) is 0 Å². The summed E-state index contributed by atoms with van der Waals surface area (Å²) in [7, 11) is 1.72. The Morgan fingerprint density at radius 1 is 1.27 bits per heavy atom. The van der Waals surface area contributed by atoms with Crippen molar-refractivity contribution in [1.29, 1.82) is 0 Å². The van der Waals surface area contributed by atoms with Crippen LogP contribution < -0.4 is 10.6 Å². The van der Waals surface area contributed by atoms with Crippen LogP contribution in [0.2, 0.25) is 5.02 Å². The third kappa shape index (κ3) is 7.01. The largest absolute Gasteiger partial charge is 0.381 e. The molecule has 0 saturated heterocycles. The number of nitrogens with zero attached hydrogens (tertiary/aromatic N) is 3. The van der Waals surface area contributed by atoms with Crippen molar-refractivity contribution in [2.45, 2.75) is 32.7 Å². The Bertz CT molecular complexity index is 690. The third-order valence-electron chi connectivity index (χ3n) is 3.58. The van der Waals surface area contributed by atoms with Gasteiger partial charge in [0, 0.05) is 37.4 Å². The summed E-state index contributed by atoms with van der Waals surface area (Å²) in [5, 5.41) is 11.0. The van der Waals surface area contributed by atoms with E-state index < -0.39 is 0 Å². The first-order valence-electron chi connectivity index (χ1n) is 8.83. The van der Waals surface area contributed by atoms with E-state index in [2.05, 4.69) is 32.7 Å². The van der Waals surface area contributed by atoms with E-state index in [0.717, 1.165) is 44.6 Å². The van der Waals surface area contributed by atoms with Crippen LogP contribution in [0, 0.1) is 0 Å². The van der Waals surface area contributed by atoms with E-state index in [1.807, 2.05) is 12.1 Å². The fraction of sp³-hybridized carbons (Fsp3) is 0.500. The molecule has 1 aromatic heterocycles. The maximum atomic E-state index is 5.99. The Labute approximate surface area is 159 Å². The first kappa shape index (κ1) is 20.2. The molecule has 0 aliphatic carbocycles. The standard InChI is InChI=1S/C18H26ClN5O2/c1-3-4-10-25-11-6-9-21-18(20-2)22-13-16-23-17(24-26-16)14-7-5-8-15(19)12-14/h5,7-8,12H,3-4,6,9-11,13H2,1-2H3,(H2,20,21,22). The van der Waals surface area contributed by atoms with Gasteiger partial charge in [-0.25, -0.2) is 0 Å². The third-order valence-corrected chi connectivity index (χ3v) is 3.82. The summed E-state index contributed by atoms with van der Waals surface area (Å²) in [5.41, 5.74) is 0.818. The second-order valence-corrected chi connectivity index (χ2v) is 6.13. The highest BCUT2D eigenvalue weighted by Gasteiger charge is 2.09. The van der Waals surface area contributed by atoms with E-state index in [4.69, 9.17) is 20.9 Å². The molecule has 0 fully saturated rings. The van der Waals surface area contributed by atoms with Crippen LogP contribution in [-0.2, 0) is 11.3 Å². The van der Waals surface area contributed by atoms with Crippen molar-refractivity contribution in [1.82, 2.24) is 20.8 Å². The molecule has 0 aliphatic heterocycles. The van der Waals surface area contributed by atoms with Gasteiger partial charge in [0.1, 0.15) is 0 Å². The van der Waals surface area contributed by atoms with Crippen molar-refractivity contribution >= 4 is 17.6 Å². The molecule has 2 aromatic rings. The number of halogens is 1. The Morgan fingerprint density at radius 2 is 2.12 bits per heavy atom. The van der Waals surface area contributed by atoms with Crippen LogP contribution in [-0.4, -0.2) is 42.9 Å². The maximum Gasteiger partial charge on any atom is 0.246 e. The summed E-state index contributed by atoms with van der Waals surface area (Å²) < 4.78 is 10.8. The number of ether oxygens (including phenoxy) is 1. The summed E-state index contributed by atoms with van der Waals surface area (Å²) in [4.78, 5) is 8.54. The molecule has 1 heterocycles. The Morgan fingerprint density at radius 3 is 2.88 bits per heavy atom. The smallest absolute Gasteiger partial charge is 0.246 e. The van der Waals surface area contributed by atoms with E-state index in [9.17, 15) is 0 Å². The first-order valence-corrected chi connectivity index (χ1v) is 9.21. The Balaban J connectivity index is 1.72. The van der Waals surface area contributed by atoms with Crippen LogP contribution >= 0.6 is 11.6 Å². The van der Waals surface area contributed by atoms with E-state index in [1.54, 1.807) is 19.2 Å². The lowest BCUT2D eigenvalue weighted by molar-refractivity contribution is 0.129. The van der Waals surface area contributed by atoms with Gasteiger partial charge in [0.15, 0.2) is 5.96 Å². The zero-order valence-corrected chi connectivity index (χ0v) is 16.1. The lowest BCUT2D eigenvalue weighted by Gasteiger charge is -2.10. The van der Waals surface area contributed by atoms with Crippen LogP contribution in [0.25, 0.3) is 11.4 Å². The number of benzene rings is 1. The highest BCUT2D eigenvalue weighted by molar-refractivity contribution is 6.30. The topological polar surface area (TPSA) is 84.6 Å². The van der Waals surface area contributed by atoms with Gasteiger partial charge < -0.3 is 19.9 Å². The molecule has 0 spiro atoms. The molecule has 0 amide bonds. The van der Waals surface area contributed by atoms with Gasteiger partial charge in [0.2, 0.25) is 11.7 Å². The van der Waals surface area contributed by atoms with Crippen molar-refractivity contribution in [3.63, 3.8) is 0 Å². The molecule has 0 unspecified atom stereocenters. The number of guanidine groups is 1. The molecule has 2 rings (SSSR count). The first-order chi connectivity index (χ1) is 12.7. The minimum atomic E-state index is 0.389. The van der Waals surface area contributed by atoms with Crippen molar-refractivity contribution in [3.8, 4) is 11.4 Å². The van der Waals surface area contributed by atoms with Crippen LogP contribution in [0.5, 0.6) is 0 Å². The molecule has 0 saturated carbocycles. The molecule has 0 bridgehead atoms. The zero-order valence-electron chi connectivity index (χ0n) is 15.3. The van der Waals surface area contributed by atoms with Crippen LogP contribution in [0.15, 0.2) is 33.8 Å². The average Bonchev–Trinajstić information content (AvgIpc) is 3.12. The van der Waals surface area contributed by atoms with Crippen molar-refractivity contribution < 1.29 is 9.26 Å². The molecule has 142 valence electrons. The van der Waals surface area contributed by atoms with Gasteiger partial charge in [0.25, 0.3) is 0 Å². The minimum Gasteiger partial charge on any atom is -0.381 e. The van der Waals surface area contributed by atoms with Crippen molar-refractivity contribution in [2.75, 3.05) is 26.8 Å². The van der Waals surface area contributed by atoms with Gasteiger partial charge in [-0.1, -0.05) is 42.2 Å². The van der Waals surface area contributed by atoms with Gasteiger partial charge in [-0.2, -0.15) is 4.98 Å². The van der Waals surface area contributed by atoms with Crippen molar-refractivity contribution in [3.05, 3.63) is 35.2 Å². The highest BCUT2D eigenvalue weighted by atomic mass is 35.5. The van der Waals surface area contributed by atoms with Gasteiger partial charge in [0.05, 0.1) is 6.54 Å². The van der Waals surface area contributed by atoms with E-state index in [-0.39, 0.29) is 0 Å². The lowest BCUT2D eigenvalue weighted by Crippen LogP contribution is -2.37. The van der Waals surface area contributed by atoms with Gasteiger partial charge in [-0.05, 0) is 25.0 Å². The van der Waals surface area contributed by atoms with Gasteiger partial charge in [-0.15, -0.1) is 0 Å². The Hall–Kier alpha value is -2.12. The minimum absolute atomic E-state index is 0.389. The molecule has 0 atom stereocenters. The average molecular weight is 380 g/mol. The molecule has 26 heavy (non-hydrogen) atoms. The van der Waals surface area contributed by atoms with E-state index >= 15 is 0 Å². The van der Waals surface area contributed by atoms with E-state index in [1.165, 1.54) is 0 Å². The number of nitrogens with one attached hydrogen (secondary N) is 2. The fourth-order valence-electron chi connectivity index (χ4n) is 2.18. The number of aliphatic imine (C=N–C) groups is 1. The quantitative estimate of drug-likeness (QED) is 0.374. The molecule has 2 N–H and O–H groups in total. The highest BCUT2D eigenvalue weighted by Crippen LogP contribution is 2.19. The normalized spacial score (nSPS) is 11.6. The molecule has 0 aliphatic rings. The molecule has 0 radical (unpaired) electrons. The maximum absolute atomic E-state index is 5.99. The number of aromatic nitrogens is 2. The second-order valence-electron chi connectivity index (χ2n) is 5.69. The van der Waals surface area contributed by atoms with Crippen molar-refractivity contribution in [2.24, 2.45) is 4.99 Å². The second kappa shape index (κ2) is 11.5. The van der Waals surface area contributed by atoms with E-state index in [0.29, 0.717) is 29.2 Å². The molecular formula is C18H26ClN5O2. The molecule has 1 aromatic carbocycles. The van der Waals surface area contributed by atoms with Gasteiger partial charge in [-0.3, -0.25) is 4.99 Å². The number of hydrogen-bond acceptors (Lipinski definition) is 5. The lowest BCUT2D eigenvalue weighted by atomic mass is 10.2. The predicted molar refractivity (Wildman–Crippen MR) is 103 cm³/mol. The summed E-state index contributed by atoms with van der Waals surface area (Å²) in [6.45, 7) is 4.90. The summed E-state index contributed by atoms with van der Waals surface area (Å²) in [6, 6.07) is 7.34.